The van der Waals surface area contributed by atoms with Gasteiger partial charge in [0.1, 0.15) is 11.9 Å². The van der Waals surface area contributed by atoms with Gasteiger partial charge >= 0.3 is 5.97 Å². The number of amides is 1. The molecule has 174 valence electrons. The maximum Gasteiger partial charge on any atom is 0.328 e. The third kappa shape index (κ3) is 5.83. The molecule has 3 rings (SSSR count). The van der Waals surface area contributed by atoms with Gasteiger partial charge in [-0.3, -0.25) is 4.79 Å². The van der Waals surface area contributed by atoms with E-state index in [0.717, 1.165) is 18.2 Å². The van der Waals surface area contributed by atoms with Crippen molar-refractivity contribution in [2.24, 2.45) is 5.14 Å². The number of carbonyl (C=O) groups is 2. The molecule has 0 aliphatic heterocycles. The van der Waals surface area contributed by atoms with Gasteiger partial charge in [0.2, 0.25) is 10.0 Å². The summed E-state index contributed by atoms with van der Waals surface area (Å²) in [7, 11) is -2.91. The minimum Gasteiger partial charge on any atom is -0.467 e. The van der Waals surface area contributed by atoms with E-state index in [2.05, 4.69) is 5.32 Å². The highest BCUT2D eigenvalue weighted by atomic mass is 32.2. The summed E-state index contributed by atoms with van der Waals surface area (Å²) >= 11 is 0. The van der Waals surface area contributed by atoms with Crippen LogP contribution < -0.4 is 10.5 Å². The van der Waals surface area contributed by atoms with E-state index in [4.69, 9.17) is 15.1 Å². The second-order valence-corrected chi connectivity index (χ2v) is 8.86. The Labute approximate surface area is 195 Å². The number of methoxy groups -OCH3 is 1. The highest BCUT2D eigenvalue weighted by Gasteiger charge is 2.23. The lowest BCUT2D eigenvalue weighted by Crippen LogP contribution is -2.43. The fraction of sp³-hybridized carbons (Fsp3) is 0.125. The van der Waals surface area contributed by atoms with E-state index in [0.29, 0.717) is 16.7 Å². The van der Waals surface area contributed by atoms with Gasteiger partial charge in [-0.25, -0.2) is 22.7 Å². The highest BCUT2D eigenvalue weighted by Crippen LogP contribution is 2.28. The summed E-state index contributed by atoms with van der Waals surface area (Å²) < 4.78 is 42.2. The Morgan fingerprint density at radius 3 is 2.44 bits per heavy atom. The molecule has 10 heteroatoms. The molecule has 0 saturated carbocycles. The smallest absolute Gasteiger partial charge is 0.328 e. The average Bonchev–Trinajstić information content (AvgIpc) is 2.82. The van der Waals surface area contributed by atoms with Crippen LogP contribution in [0.3, 0.4) is 0 Å². The first-order valence-electron chi connectivity index (χ1n) is 9.93. The first-order chi connectivity index (χ1) is 16.1. The Morgan fingerprint density at radius 2 is 1.82 bits per heavy atom. The molecule has 0 bridgehead atoms. The van der Waals surface area contributed by atoms with Crippen molar-refractivity contribution < 1.29 is 27.1 Å². The first kappa shape index (κ1) is 24.6. The molecule has 0 radical (unpaired) electrons. The van der Waals surface area contributed by atoms with Crippen molar-refractivity contribution >= 4 is 21.9 Å². The van der Waals surface area contributed by atoms with Gasteiger partial charge in [0.15, 0.2) is 0 Å². The number of hydrogen-bond donors (Lipinski definition) is 2. The van der Waals surface area contributed by atoms with Crippen molar-refractivity contribution in [1.29, 1.82) is 5.26 Å². The molecule has 0 aromatic heterocycles. The van der Waals surface area contributed by atoms with E-state index in [1.54, 1.807) is 24.3 Å². The Balaban J connectivity index is 1.84. The van der Waals surface area contributed by atoms with Crippen LogP contribution in [0.5, 0.6) is 0 Å². The fourth-order valence-electron chi connectivity index (χ4n) is 3.36. The Kier molecular flexibility index (Phi) is 7.40. The van der Waals surface area contributed by atoms with Crippen molar-refractivity contribution in [3.63, 3.8) is 0 Å². The monoisotopic (exact) mass is 481 g/mol. The highest BCUT2D eigenvalue weighted by molar-refractivity contribution is 7.89. The number of ether oxygens (including phenoxy) is 1. The van der Waals surface area contributed by atoms with Crippen LogP contribution in [0.25, 0.3) is 11.1 Å². The molecule has 3 N–H and O–H groups in total. The lowest BCUT2D eigenvalue weighted by molar-refractivity contribution is -0.142. The van der Waals surface area contributed by atoms with E-state index in [1.165, 1.54) is 31.4 Å². The number of nitrogens with one attached hydrogen (secondary N) is 1. The average molecular weight is 482 g/mol. The third-order valence-electron chi connectivity index (χ3n) is 4.99. The molecular formula is C24H20FN3O5S. The largest absolute Gasteiger partial charge is 0.467 e. The molecule has 3 aromatic rings. The number of esters is 1. The Bertz CT molecular complexity index is 1380. The summed E-state index contributed by atoms with van der Waals surface area (Å²) in [4.78, 5) is 24.8. The number of sulfonamides is 1. The van der Waals surface area contributed by atoms with Crippen molar-refractivity contribution in [2.75, 3.05) is 7.11 Å². The third-order valence-corrected chi connectivity index (χ3v) is 5.96. The number of carbonyl (C=O) groups excluding carboxylic acids is 2. The van der Waals surface area contributed by atoms with Crippen LogP contribution >= 0.6 is 0 Å². The predicted octanol–water partition coefficient (Wildman–Crippen LogP) is 2.53. The molecule has 0 fully saturated rings. The van der Waals surface area contributed by atoms with Crippen molar-refractivity contribution in [3.8, 4) is 17.2 Å². The van der Waals surface area contributed by atoms with Crippen LogP contribution in [-0.4, -0.2) is 33.4 Å². The molecule has 1 atom stereocenters. The van der Waals surface area contributed by atoms with Crippen molar-refractivity contribution in [3.05, 3.63) is 89.2 Å². The summed E-state index contributed by atoms with van der Waals surface area (Å²) in [6.07, 6.45) is 0.104. The molecule has 0 aliphatic carbocycles. The molecule has 1 amide bonds. The Morgan fingerprint density at radius 1 is 1.12 bits per heavy atom. The maximum atomic E-state index is 13.7. The number of halogens is 1. The van der Waals surface area contributed by atoms with E-state index >= 15 is 0 Å². The van der Waals surface area contributed by atoms with E-state index in [1.807, 2.05) is 6.07 Å². The van der Waals surface area contributed by atoms with Gasteiger partial charge in [-0.2, -0.15) is 5.26 Å². The summed E-state index contributed by atoms with van der Waals surface area (Å²) in [5.41, 5.74) is 1.64. The van der Waals surface area contributed by atoms with Gasteiger partial charge in [0, 0.05) is 17.5 Å². The van der Waals surface area contributed by atoms with E-state index in [-0.39, 0.29) is 22.4 Å². The van der Waals surface area contributed by atoms with Crippen LogP contribution in [0.4, 0.5) is 4.39 Å². The molecule has 34 heavy (non-hydrogen) atoms. The number of hydrogen-bond acceptors (Lipinski definition) is 6. The van der Waals surface area contributed by atoms with Gasteiger partial charge in [-0.15, -0.1) is 0 Å². The van der Waals surface area contributed by atoms with Gasteiger partial charge in [0.25, 0.3) is 5.91 Å². The zero-order valence-electron chi connectivity index (χ0n) is 18.0. The second-order valence-electron chi connectivity index (χ2n) is 7.33. The Hall–Kier alpha value is -4.07. The minimum absolute atomic E-state index is 0.0549. The molecule has 8 nitrogen and oxygen atoms in total. The summed E-state index contributed by atoms with van der Waals surface area (Å²) in [5, 5.41) is 16.9. The maximum absolute atomic E-state index is 13.7. The number of primary sulfonamides is 1. The molecule has 0 spiro atoms. The molecular weight excluding hydrogens is 461 g/mol. The second kappa shape index (κ2) is 10.2. The first-order valence-corrected chi connectivity index (χ1v) is 11.5. The quantitative estimate of drug-likeness (QED) is 0.497. The number of nitrogens with zero attached hydrogens (tertiary/aromatic N) is 1. The number of nitrogens with two attached hydrogens (primary N) is 1. The van der Waals surface area contributed by atoms with E-state index < -0.39 is 33.8 Å². The summed E-state index contributed by atoms with van der Waals surface area (Å²) in [6, 6.07) is 16.4. The molecule has 0 heterocycles. The number of benzene rings is 3. The van der Waals surface area contributed by atoms with Crippen LogP contribution in [-0.2, 0) is 26.0 Å². The number of rotatable bonds is 7. The van der Waals surface area contributed by atoms with Crippen LogP contribution in [0.2, 0.25) is 0 Å². The zero-order valence-corrected chi connectivity index (χ0v) is 18.8. The van der Waals surface area contributed by atoms with Crippen LogP contribution in [0.15, 0.2) is 71.6 Å². The molecule has 3 aromatic carbocycles. The predicted molar refractivity (Wildman–Crippen MR) is 121 cm³/mol. The van der Waals surface area contributed by atoms with E-state index in [9.17, 15) is 22.4 Å². The molecule has 0 unspecified atom stereocenters. The lowest BCUT2D eigenvalue weighted by atomic mass is 10.0. The van der Waals surface area contributed by atoms with Gasteiger partial charge in [-0.1, -0.05) is 24.3 Å². The molecule has 0 saturated heterocycles. The fourth-order valence-corrected chi connectivity index (χ4v) is 4.10. The van der Waals surface area contributed by atoms with Crippen molar-refractivity contribution in [2.45, 2.75) is 17.4 Å². The minimum atomic E-state index is -4.11. The number of nitriles is 1. The van der Waals surface area contributed by atoms with Gasteiger partial charge in [0.05, 0.1) is 23.6 Å². The topological polar surface area (TPSA) is 139 Å². The lowest BCUT2D eigenvalue weighted by Gasteiger charge is -2.17. The van der Waals surface area contributed by atoms with Gasteiger partial charge in [-0.05, 0) is 53.6 Å². The van der Waals surface area contributed by atoms with Gasteiger partial charge < -0.3 is 10.1 Å². The van der Waals surface area contributed by atoms with Crippen LogP contribution in [0, 0.1) is 17.1 Å². The van der Waals surface area contributed by atoms with Crippen LogP contribution in [0.1, 0.15) is 21.5 Å². The summed E-state index contributed by atoms with van der Waals surface area (Å²) in [5.74, 6) is -1.89. The standard InChI is InChI=1S/C24H20FN3O5S/c1-33-24(30)21(12-15-3-2-4-16(11-15)14-26)28-23(29)18-7-5-17(6-8-18)20-13-19(25)9-10-22(20)34(27,31)32/h2-11,13,21H,12H2,1H3,(H,28,29)(H2,27,31,32)/t21-/m0/s1. The SMILES string of the molecule is COC(=O)[C@H](Cc1cccc(C#N)c1)NC(=O)c1ccc(-c2cc(F)ccc2S(N)(=O)=O)cc1. The molecule has 0 aliphatic rings. The van der Waals surface area contributed by atoms with Crippen molar-refractivity contribution in [1.82, 2.24) is 5.32 Å². The summed E-state index contributed by atoms with van der Waals surface area (Å²) in [6.45, 7) is 0. The zero-order chi connectivity index (χ0) is 24.9. The normalized spacial score (nSPS) is 11.8.